The van der Waals surface area contributed by atoms with Crippen LogP contribution in [0.1, 0.15) is 11.7 Å². The van der Waals surface area contributed by atoms with Crippen LogP contribution in [-0.2, 0) is 0 Å². The van der Waals surface area contributed by atoms with Crippen LogP contribution in [0, 0.1) is 5.82 Å². The lowest BCUT2D eigenvalue weighted by Gasteiger charge is -2.13. The summed E-state index contributed by atoms with van der Waals surface area (Å²) in [6.45, 7) is 0.00670. The van der Waals surface area contributed by atoms with Gasteiger partial charge in [-0.2, -0.15) is 15.0 Å². The number of halogens is 1. The third kappa shape index (κ3) is 4.39. The van der Waals surface area contributed by atoms with E-state index in [0.717, 1.165) is 5.69 Å². The second-order valence-corrected chi connectivity index (χ2v) is 5.27. The quantitative estimate of drug-likeness (QED) is 0.664. The Kier molecular flexibility index (Phi) is 5.00. The molecule has 8 heteroatoms. The zero-order valence-corrected chi connectivity index (χ0v) is 13.1. The highest BCUT2D eigenvalue weighted by molar-refractivity contribution is 5.89. The van der Waals surface area contributed by atoms with Crippen LogP contribution in [0.2, 0.25) is 0 Å². The molecule has 0 aliphatic heterocycles. The zero-order valence-electron chi connectivity index (χ0n) is 13.1. The van der Waals surface area contributed by atoms with Gasteiger partial charge in [0, 0.05) is 12.2 Å². The fraction of sp³-hybridized carbons (Fsp3) is 0.118. The van der Waals surface area contributed by atoms with E-state index in [4.69, 9.17) is 0 Å². The van der Waals surface area contributed by atoms with Crippen molar-refractivity contribution in [3.8, 4) is 5.69 Å². The summed E-state index contributed by atoms with van der Waals surface area (Å²) in [5, 5.41) is 23.2. The second-order valence-electron chi connectivity index (χ2n) is 5.27. The maximum atomic E-state index is 12.9. The first-order valence-electron chi connectivity index (χ1n) is 7.57. The largest absolute Gasteiger partial charge is 0.387 e. The summed E-state index contributed by atoms with van der Waals surface area (Å²) in [7, 11) is 0. The molecule has 7 nitrogen and oxygen atoms in total. The zero-order chi connectivity index (χ0) is 17.6. The van der Waals surface area contributed by atoms with Crippen molar-refractivity contribution in [2.75, 3.05) is 11.9 Å². The smallest absolute Gasteiger partial charge is 0.319 e. The summed E-state index contributed by atoms with van der Waals surface area (Å²) in [5.41, 5.74) is 1.88. The van der Waals surface area contributed by atoms with Crippen molar-refractivity contribution in [3.63, 3.8) is 0 Å². The van der Waals surface area contributed by atoms with Gasteiger partial charge in [-0.05, 0) is 42.0 Å². The maximum Gasteiger partial charge on any atom is 0.319 e. The van der Waals surface area contributed by atoms with Gasteiger partial charge in [0.1, 0.15) is 5.82 Å². The number of anilines is 1. The molecule has 1 aromatic heterocycles. The topological polar surface area (TPSA) is 92.1 Å². The third-order valence-corrected chi connectivity index (χ3v) is 3.49. The molecule has 0 radical (unpaired) electrons. The predicted molar refractivity (Wildman–Crippen MR) is 89.7 cm³/mol. The van der Waals surface area contributed by atoms with Crippen molar-refractivity contribution in [3.05, 3.63) is 72.3 Å². The number of carbonyl (C=O) groups excluding carboxylic acids is 1. The van der Waals surface area contributed by atoms with E-state index in [1.807, 2.05) is 0 Å². The van der Waals surface area contributed by atoms with Crippen LogP contribution >= 0.6 is 0 Å². The van der Waals surface area contributed by atoms with Gasteiger partial charge in [0.25, 0.3) is 0 Å². The highest BCUT2D eigenvalue weighted by atomic mass is 19.1. The summed E-state index contributed by atoms with van der Waals surface area (Å²) in [4.78, 5) is 13.4. The molecule has 0 aliphatic rings. The number of rotatable bonds is 5. The Hall–Kier alpha value is -3.26. The average Bonchev–Trinajstić information content (AvgIpc) is 3.15. The van der Waals surface area contributed by atoms with Gasteiger partial charge in [-0.25, -0.2) is 9.18 Å². The molecule has 0 saturated carbocycles. The molecule has 3 N–H and O–H groups in total. The van der Waals surface area contributed by atoms with Crippen LogP contribution in [0.25, 0.3) is 5.69 Å². The fourth-order valence-electron chi connectivity index (χ4n) is 2.19. The number of amides is 2. The Labute approximate surface area is 143 Å². The van der Waals surface area contributed by atoms with E-state index in [9.17, 15) is 14.3 Å². The Bertz CT molecular complexity index is 819. The number of urea groups is 1. The number of aromatic nitrogens is 3. The van der Waals surface area contributed by atoms with Gasteiger partial charge >= 0.3 is 6.03 Å². The summed E-state index contributed by atoms with van der Waals surface area (Å²) in [6, 6.07) is 12.0. The first-order chi connectivity index (χ1) is 12.1. The van der Waals surface area contributed by atoms with Gasteiger partial charge in [0.15, 0.2) is 0 Å². The van der Waals surface area contributed by atoms with E-state index in [2.05, 4.69) is 20.8 Å². The normalized spacial score (nSPS) is 11.8. The van der Waals surface area contributed by atoms with E-state index in [1.54, 1.807) is 36.7 Å². The molecule has 0 saturated heterocycles. The Balaban J connectivity index is 1.51. The molecule has 2 aromatic carbocycles. The molecular formula is C17H16FN5O2. The lowest BCUT2D eigenvalue weighted by atomic mass is 10.1. The van der Waals surface area contributed by atoms with Gasteiger partial charge in [-0.1, -0.05) is 12.1 Å². The van der Waals surface area contributed by atoms with Crippen molar-refractivity contribution in [2.24, 2.45) is 0 Å². The second kappa shape index (κ2) is 7.54. The Morgan fingerprint density at radius 3 is 2.36 bits per heavy atom. The number of hydrogen-bond acceptors (Lipinski definition) is 4. The number of carbonyl (C=O) groups is 1. The molecular weight excluding hydrogens is 325 g/mol. The third-order valence-electron chi connectivity index (χ3n) is 3.49. The molecule has 1 unspecified atom stereocenters. The van der Waals surface area contributed by atoms with Gasteiger partial charge in [-0.3, -0.25) is 0 Å². The van der Waals surface area contributed by atoms with Crippen LogP contribution in [0.3, 0.4) is 0 Å². The van der Waals surface area contributed by atoms with Gasteiger partial charge in [0.05, 0.1) is 24.2 Å². The predicted octanol–water partition coefficient (Wildman–Crippen LogP) is 2.26. The number of nitrogens with zero attached hydrogens (tertiary/aromatic N) is 3. The van der Waals surface area contributed by atoms with Gasteiger partial charge < -0.3 is 15.7 Å². The Morgan fingerprint density at radius 1 is 1.08 bits per heavy atom. The monoisotopic (exact) mass is 341 g/mol. The first-order valence-corrected chi connectivity index (χ1v) is 7.57. The molecule has 3 rings (SSSR count). The summed E-state index contributed by atoms with van der Waals surface area (Å²) >= 11 is 0. The number of benzene rings is 2. The summed E-state index contributed by atoms with van der Waals surface area (Å²) in [5.74, 6) is -0.379. The molecule has 0 aliphatic carbocycles. The Morgan fingerprint density at radius 2 is 1.72 bits per heavy atom. The van der Waals surface area contributed by atoms with E-state index in [1.165, 1.54) is 29.1 Å². The molecule has 0 bridgehead atoms. The summed E-state index contributed by atoms with van der Waals surface area (Å²) < 4.78 is 12.9. The molecule has 3 aromatic rings. The summed E-state index contributed by atoms with van der Waals surface area (Å²) in [6.07, 6.45) is 2.23. The van der Waals surface area contributed by atoms with Crippen molar-refractivity contribution >= 4 is 11.7 Å². The van der Waals surface area contributed by atoms with Crippen LogP contribution in [0.15, 0.2) is 60.9 Å². The number of aliphatic hydroxyl groups is 1. The SMILES string of the molecule is O=C(NCC(O)c1ccc(F)cc1)Nc1ccc(-n2nccn2)cc1. The molecule has 0 spiro atoms. The minimum Gasteiger partial charge on any atom is -0.387 e. The van der Waals surface area contributed by atoms with Crippen molar-refractivity contribution in [2.45, 2.75) is 6.10 Å². The lowest BCUT2D eigenvalue weighted by molar-refractivity contribution is 0.175. The number of nitrogens with one attached hydrogen (secondary N) is 2. The van der Waals surface area contributed by atoms with Crippen molar-refractivity contribution < 1.29 is 14.3 Å². The van der Waals surface area contributed by atoms with E-state index in [-0.39, 0.29) is 12.4 Å². The lowest BCUT2D eigenvalue weighted by Crippen LogP contribution is -2.32. The van der Waals surface area contributed by atoms with Gasteiger partial charge in [-0.15, -0.1) is 0 Å². The van der Waals surface area contributed by atoms with E-state index in [0.29, 0.717) is 11.3 Å². The van der Waals surface area contributed by atoms with Crippen LogP contribution in [-0.4, -0.2) is 32.7 Å². The van der Waals surface area contributed by atoms with E-state index >= 15 is 0 Å². The highest BCUT2D eigenvalue weighted by Gasteiger charge is 2.10. The van der Waals surface area contributed by atoms with Crippen molar-refractivity contribution in [1.82, 2.24) is 20.3 Å². The molecule has 2 amide bonds. The minimum atomic E-state index is -0.917. The molecule has 128 valence electrons. The van der Waals surface area contributed by atoms with Crippen molar-refractivity contribution in [1.29, 1.82) is 0 Å². The van der Waals surface area contributed by atoms with Crippen LogP contribution in [0.5, 0.6) is 0 Å². The molecule has 1 heterocycles. The molecule has 1 atom stereocenters. The van der Waals surface area contributed by atoms with Crippen LogP contribution in [0.4, 0.5) is 14.9 Å². The fourth-order valence-corrected chi connectivity index (χ4v) is 2.19. The van der Waals surface area contributed by atoms with Gasteiger partial charge in [0.2, 0.25) is 0 Å². The molecule has 25 heavy (non-hydrogen) atoms. The highest BCUT2D eigenvalue weighted by Crippen LogP contribution is 2.13. The van der Waals surface area contributed by atoms with E-state index < -0.39 is 12.1 Å². The first kappa shape index (κ1) is 16.6. The maximum absolute atomic E-state index is 12.9. The van der Waals surface area contributed by atoms with Crippen LogP contribution < -0.4 is 10.6 Å². The molecule has 0 fully saturated rings. The average molecular weight is 341 g/mol. The minimum absolute atomic E-state index is 0.00670. The number of aliphatic hydroxyl groups excluding tert-OH is 1. The standard InChI is InChI=1S/C17H16FN5O2/c18-13-3-1-12(2-4-13)16(24)11-19-17(25)22-14-5-7-15(8-6-14)23-20-9-10-21-23/h1-10,16,24H,11H2,(H2,19,22,25). The number of hydrogen-bond donors (Lipinski definition) is 3.